The summed E-state index contributed by atoms with van der Waals surface area (Å²) in [6.45, 7) is 4.78. The second kappa shape index (κ2) is 5.81. The Morgan fingerprint density at radius 3 is 3.22 bits per heavy atom. The lowest BCUT2D eigenvalue weighted by Gasteiger charge is -2.01. The Hall–Kier alpha value is -2.37. The average Bonchev–Trinajstić information content (AvgIpc) is 2.80. The molecule has 94 valence electrons. The van der Waals surface area contributed by atoms with Crippen LogP contribution in [0.15, 0.2) is 42.0 Å². The molecule has 6 heteroatoms. The van der Waals surface area contributed by atoms with Gasteiger partial charge in [-0.15, -0.1) is 16.8 Å². The van der Waals surface area contributed by atoms with Crippen LogP contribution in [0.1, 0.15) is 5.82 Å². The van der Waals surface area contributed by atoms with Crippen molar-refractivity contribution in [3.8, 4) is 0 Å². The van der Waals surface area contributed by atoms with Crippen LogP contribution in [0.2, 0.25) is 0 Å². The van der Waals surface area contributed by atoms with E-state index in [1.807, 2.05) is 28.8 Å². The van der Waals surface area contributed by atoms with Crippen molar-refractivity contribution in [2.75, 3.05) is 13.1 Å². The first-order valence-electron chi connectivity index (χ1n) is 5.74. The van der Waals surface area contributed by atoms with E-state index in [0.29, 0.717) is 25.5 Å². The van der Waals surface area contributed by atoms with E-state index in [1.165, 1.54) is 0 Å². The topological polar surface area (TPSA) is 80.6 Å². The van der Waals surface area contributed by atoms with Crippen molar-refractivity contribution in [2.45, 2.75) is 6.42 Å². The van der Waals surface area contributed by atoms with Gasteiger partial charge in [-0.3, -0.25) is 9.39 Å². The molecule has 6 nitrogen and oxygen atoms in total. The predicted octanol–water partition coefficient (Wildman–Crippen LogP) is 0.362. The van der Waals surface area contributed by atoms with E-state index < -0.39 is 0 Å². The van der Waals surface area contributed by atoms with Gasteiger partial charge in [0.2, 0.25) is 0 Å². The number of rotatable bonds is 5. The zero-order chi connectivity index (χ0) is 12.8. The normalized spacial score (nSPS) is 11.7. The quantitative estimate of drug-likeness (QED) is 0.452. The minimum absolute atomic E-state index is 0.420. The van der Waals surface area contributed by atoms with E-state index in [4.69, 9.17) is 5.73 Å². The summed E-state index contributed by atoms with van der Waals surface area (Å²) >= 11 is 0. The van der Waals surface area contributed by atoms with Gasteiger partial charge in [0.15, 0.2) is 11.6 Å². The molecular weight excluding hydrogens is 228 g/mol. The van der Waals surface area contributed by atoms with E-state index in [-0.39, 0.29) is 0 Å². The molecule has 0 spiro atoms. The smallest absolute Gasteiger partial charge is 0.188 e. The number of pyridine rings is 1. The van der Waals surface area contributed by atoms with Crippen LogP contribution in [0.25, 0.3) is 5.65 Å². The fourth-order valence-electron chi connectivity index (χ4n) is 1.57. The van der Waals surface area contributed by atoms with Gasteiger partial charge in [-0.2, -0.15) is 0 Å². The van der Waals surface area contributed by atoms with Gasteiger partial charge in [0, 0.05) is 25.7 Å². The zero-order valence-electron chi connectivity index (χ0n) is 10.1. The molecule has 0 unspecified atom stereocenters. The van der Waals surface area contributed by atoms with Gasteiger partial charge in [0.25, 0.3) is 0 Å². The maximum Gasteiger partial charge on any atom is 0.188 e. The molecule has 2 aromatic heterocycles. The highest BCUT2D eigenvalue weighted by atomic mass is 15.2. The van der Waals surface area contributed by atoms with Crippen molar-refractivity contribution in [1.29, 1.82) is 0 Å². The minimum atomic E-state index is 0.420. The molecule has 2 rings (SSSR count). The first kappa shape index (κ1) is 12.1. The van der Waals surface area contributed by atoms with Crippen LogP contribution in [0, 0.1) is 0 Å². The molecule has 0 aliphatic rings. The highest BCUT2D eigenvalue weighted by molar-refractivity contribution is 5.77. The van der Waals surface area contributed by atoms with Gasteiger partial charge in [0.05, 0.1) is 0 Å². The first-order valence-corrected chi connectivity index (χ1v) is 5.74. The molecule has 2 heterocycles. The van der Waals surface area contributed by atoms with Crippen molar-refractivity contribution >= 4 is 11.6 Å². The third kappa shape index (κ3) is 2.85. The van der Waals surface area contributed by atoms with Crippen LogP contribution in [0.3, 0.4) is 0 Å². The summed E-state index contributed by atoms with van der Waals surface area (Å²) in [6, 6.07) is 5.80. The van der Waals surface area contributed by atoms with E-state index in [2.05, 4.69) is 27.1 Å². The van der Waals surface area contributed by atoms with Gasteiger partial charge in [-0.05, 0) is 12.1 Å². The fourth-order valence-corrected chi connectivity index (χ4v) is 1.57. The number of fused-ring (bicyclic) bond motifs is 1. The van der Waals surface area contributed by atoms with E-state index >= 15 is 0 Å². The fraction of sp³-hybridized carbons (Fsp3) is 0.250. The molecule has 0 bridgehead atoms. The molecule has 2 aromatic rings. The van der Waals surface area contributed by atoms with Gasteiger partial charge in [-0.25, -0.2) is 0 Å². The Bertz CT molecular complexity index is 556. The molecule has 0 aliphatic heterocycles. The standard InChI is InChI=1S/C12H16N6/c1-2-7-14-12(13)15-8-6-11-17-16-10-5-3-4-9-18(10)11/h2-5,9H,1,6-8H2,(H3,13,14,15). The molecule has 0 fully saturated rings. The van der Waals surface area contributed by atoms with Crippen LogP contribution >= 0.6 is 0 Å². The van der Waals surface area contributed by atoms with E-state index in [9.17, 15) is 0 Å². The SMILES string of the molecule is C=CCNC(N)=NCCc1nnc2ccccn12. The third-order valence-corrected chi connectivity index (χ3v) is 2.43. The van der Waals surface area contributed by atoms with E-state index in [1.54, 1.807) is 6.08 Å². The van der Waals surface area contributed by atoms with Gasteiger partial charge < -0.3 is 11.1 Å². The highest BCUT2D eigenvalue weighted by Crippen LogP contribution is 2.03. The van der Waals surface area contributed by atoms with Crippen molar-refractivity contribution in [3.63, 3.8) is 0 Å². The Morgan fingerprint density at radius 1 is 1.50 bits per heavy atom. The summed E-state index contributed by atoms with van der Waals surface area (Å²) in [5, 5.41) is 11.1. The first-order chi connectivity index (χ1) is 8.81. The average molecular weight is 244 g/mol. The number of aliphatic imine (C=N–C) groups is 1. The third-order valence-electron chi connectivity index (χ3n) is 2.43. The number of hydrogen-bond acceptors (Lipinski definition) is 3. The molecule has 0 amide bonds. The van der Waals surface area contributed by atoms with Gasteiger partial charge >= 0.3 is 0 Å². The largest absolute Gasteiger partial charge is 0.370 e. The summed E-state index contributed by atoms with van der Waals surface area (Å²) in [5.74, 6) is 1.30. The van der Waals surface area contributed by atoms with Crippen LogP contribution in [0.4, 0.5) is 0 Å². The Balaban J connectivity index is 1.96. The summed E-state index contributed by atoms with van der Waals surface area (Å²) < 4.78 is 1.95. The molecule has 0 saturated heterocycles. The number of hydrogen-bond donors (Lipinski definition) is 2. The molecule has 0 saturated carbocycles. The molecule has 0 atom stereocenters. The molecule has 18 heavy (non-hydrogen) atoms. The maximum absolute atomic E-state index is 5.66. The molecule has 0 aliphatic carbocycles. The summed E-state index contributed by atoms with van der Waals surface area (Å²) in [7, 11) is 0. The zero-order valence-corrected chi connectivity index (χ0v) is 10.1. The lowest BCUT2D eigenvalue weighted by atomic mass is 10.4. The van der Waals surface area contributed by atoms with Crippen molar-refractivity contribution in [1.82, 2.24) is 19.9 Å². The van der Waals surface area contributed by atoms with E-state index in [0.717, 1.165) is 11.5 Å². The second-order valence-electron chi connectivity index (χ2n) is 3.73. The van der Waals surface area contributed by atoms with Crippen molar-refractivity contribution in [3.05, 3.63) is 42.9 Å². The minimum Gasteiger partial charge on any atom is -0.370 e. The number of aromatic nitrogens is 3. The lowest BCUT2D eigenvalue weighted by Crippen LogP contribution is -2.31. The summed E-state index contributed by atoms with van der Waals surface area (Å²) in [5.41, 5.74) is 6.50. The second-order valence-corrected chi connectivity index (χ2v) is 3.73. The number of nitrogens with two attached hydrogens (primary N) is 1. The summed E-state index contributed by atoms with van der Waals surface area (Å²) in [6.07, 6.45) is 4.36. The maximum atomic E-state index is 5.66. The Kier molecular flexibility index (Phi) is 3.90. The Morgan fingerprint density at radius 2 is 2.39 bits per heavy atom. The monoisotopic (exact) mass is 244 g/mol. The van der Waals surface area contributed by atoms with Crippen LogP contribution in [-0.2, 0) is 6.42 Å². The number of nitrogens with zero attached hydrogens (tertiary/aromatic N) is 4. The van der Waals surface area contributed by atoms with Crippen LogP contribution in [0.5, 0.6) is 0 Å². The van der Waals surface area contributed by atoms with Crippen molar-refractivity contribution in [2.24, 2.45) is 10.7 Å². The predicted molar refractivity (Wildman–Crippen MR) is 71.4 cm³/mol. The highest BCUT2D eigenvalue weighted by Gasteiger charge is 2.03. The molecular formula is C12H16N6. The molecule has 0 radical (unpaired) electrons. The molecule has 3 N–H and O–H groups in total. The molecule has 0 aromatic carbocycles. The Labute approximate surface area is 105 Å². The van der Waals surface area contributed by atoms with Crippen molar-refractivity contribution < 1.29 is 0 Å². The lowest BCUT2D eigenvalue weighted by molar-refractivity contribution is 0.840. The van der Waals surface area contributed by atoms with Crippen LogP contribution in [-0.4, -0.2) is 33.6 Å². The van der Waals surface area contributed by atoms with Crippen LogP contribution < -0.4 is 11.1 Å². The van der Waals surface area contributed by atoms with Gasteiger partial charge in [0.1, 0.15) is 5.82 Å². The number of guanidine groups is 1. The number of nitrogens with one attached hydrogen (secondary N) is 1. The summed E-state index contributed by atoms with van der Waals surface area (Å²) in [4.78, 5) is 4.20. The van der Waals surface area contributed by atoms with Gasteiger partial charge in [-0.1, -0.05) is 12.1 Å².